The second-order valence-electron chi connectivity index (χ2n) is 5.69. The minimum atomic E-state index is 0.582. The zero-order valence-corrected chi connectivity index (χ0v) is 11.0. The van der Waals surface area contributed by atoms with Crippen molar-refractivity contribution in [1.82, 2.24) is 9.88 Å². The van der Waals surface area contributed by atoms with Gasteiger partial charge in [0.2, 0.25) is 0 Å². The molecule has 3 rings (SSSR count). The molecular weight excluding hydrogens is 224 g/mol. The summed E-state index contributed by atoms with van der Waals surface area (Å²) in [7, 11) is 2.29. The van der Waals surface area contributed by atoms with Crippen LogP contribution in [0.3, 0.4) is 0 Å². The Labute approximate surface area is 109 Å². The first-order valence-electron chi connectivity index (χ1n) is 6.92. The molecule has 3 heterocycles. The van der Waals surface area contributed by atoms with Crippen molar-refractivity contribution in [2.45, 2.75) is 50.2 Å². The number of aromatic nitrogens is 1. The molecule has 4 heteroatoms. The molecule has 4 nitrogen and oxygen atoms in total. The average molecular weight is 246 g/mol. The van der Waals surface area contributed by atoms with E-state index in [0.29, 0.717) is 11.9 Å². The number of nitrogen functional groups attached to an aromatic ring is 1. The van der Waals surface area contributed by atoms with E-state index >= 15 is 0 Å². The lowest BCUT2D eigenvalue weighted by Gasteiger charge is -2.47. The molecule has 98 valence electrons. The number of nitrogens with one attached hydrogen (secondary N) is 1. The van der Waals surface area contributed by atoms with E-state index < -0.39 is 0 Å². The minimum Gasteiger partial charge on any atom is -0.384 e. The maximum absolute atomic E-state index is 5.72. The maximum Gasteiger partial charge on any atom is 0.125 e. The van der Waals surface area contributed by atoms with Crippen molar-refractivity contribution in [1.29, 1.82) is 0 Å². The molecule has 0 radical (unpaired) electrons. The van der Waals surface area contributed by atoms with Crippen molar-refractivity contribution in [3.63, 3.8) is 0 Å². The second-order valence-corrected chi connectivity index (χ2v) is 5.69. The Balaban J connectivity index is 1.68. The fourth-order valence-corrected chi connectivity index (χ4v) is 3.51. The number of hydrogen-bond donors (Lipinski definition) is 2. The molecule has 2 saturated heterocycles. The fraction of sp³-hybridized carbons (Fsp3) is 0.643. The molecule has 2 atom stereocenters. The average Bonchev–Trinajstić information content (AvgIpc) is 2.30. The summed E-state index contributed by atoms with van der Waals surface area (Å²) in [5.74, 6) is 0.591. The lowest BCUT2D eigenvalue weighted by atomic mass is 9.82. The van der Waals surface area contributed by atoms with E-state index in [0.717, 1.165) is 17.8 Å². The quantitative estimate of drug-likeness (QED) is 0.839. The third-order valence-electron chi connectivity index (χ3n) is 4.49. The van der Waals surface area contributed by atoms with Crippen molar-refractivity contribution in [3.8, 4) is 0 Å². The highest BCUT2D eigenvalue weighted by atomic mass is 15.2. The number of nitrogens with zero attached hydrogens (tertiary/aromatic N) is 2. The monoisotopic (exact) mass is 246 g/mol. The molecule has 2 fully saturated rings. The van der Waals surface area contributed by atoms with Crippen LogP contribution in [0, 0.1) is 0 Å². The molecule has 3 N–H and O–H groups in total. The Morgan fingerprint density at radius 1 is 1.33 bits per heavy atom. The summed E-state index contributed by atoms with van der Waals surface area (Å²) >= 11 is 0. The Morgan fingerprint density at radius 3 is 2.72 bits per heavy atom. The van der Waals surface area contributed by atoms with Crippen molar-refractivity contribution >= 4 is 11.5 Å². The van der Waals surface area contributed by atoms with Crippen LogP contribution in [0.1, 0.15) is 32.1 Å². The molecule has 0 aliphatic carbocycles. The van der Waals surface area contributed by atoms with Gasteiger partial charge < -0.3 is 16.0 Å². The maximum atomic E-state index is 5.72. The van der Waals surface area contributed by atoms with Crippen molar-refractivity contribution in [2.24, 2.45) is 0 Å². The number of hydrogen-bond acceptors (Lipinski definition) is 4. The van der Waals surface area contributed by atoms with Crippen molar-refractivity contribution < 1.29 is 0 Å². The summed E-state index contributed by atoms with van der Waals surface area (Å²) in [4.78, 5) is 6.62. The summed E-state index contributed by atoms with van der Waals surface area (Å²) in [6.07, 6.45) is 8.36. The van der Waals surface area contributed by atoms with Crippen molar-refractivity contribution in [3.05, 3.63) is 18.3 Å². The molecule has 0 aromatic carbocycles. The standard InChI is InChI=1S/C14H22N4/c1-18-12-3-2-4-13(18)8-11(7-12)17-10-5-6-16-14(15)9-10/h5-6,9,11-13H,2-4,7-8H2,1H3,(H3,15,16,17). The van der Waals surface area contributed by atoms with Gasteiger partial charge in [-0.05, 0) is 38.8 Å². The van der Waals surface area contributed by atoms with Gasteiger partial charge in [0.25, 0.3) is 0 Å². The van der Waals surface area contributed by atoms with Gasteiger partial charge in [-0.3, -0.25) is 0 Å². The van der Waals surface area contributed by atoms with Crippen LogP contribution in [0.4, 0.5) is 11.5 Å². The molecular formula is C14H22N4. The van der Waals surface area contributed by atoms with Gasteiger partial charge in [-0.2, -0.15) is 0 Å². The van der Waals surface area contributed by atoms with E-state index in [4.69, 9.17) is 5.73 Å². The fourth-order valence-electron chi connectivity index (χ4n) is 3.51. The summed E-state index contributed by atoms with van der Waals surface area (Å²) in [6, 6.07) is 6.03. The van der Waals surface area contributed by atoms with E-state index in [1.54, 1.807) is 6.20 Å². The zero-order chi connectivity index (χ0) is 12.5. The lowest BCUT2D eigenvalue weighted by molar-refractivity contribution is 0.0608. The van der Waals surface area contributed by atoms with Gasteiger partial charge in [-0.1, -0.05) is 6.42 Å². The van der Waals surface area contributed by atoms with E-state index in [-0.39, 0.29) is 0 Å². The Kier molecular flexibility index (Phi) is 3.12. The summed E-state index contributed by atoms with van der Waals surface area (Å²) in [5.41, 5.74) is 6.82. The molecule has 1 aromatic heterocycles. The van der Waals surface area contributed by atoms with E-state index in [1.165, 1.54) is 32.1 Å². The van der Waals surface area contributed by atoms with Gasteiger partial charge in [0.1, 0.15) is 5.82 Å². The van der Waals surface area contributed by atoms with Crippen LogP contribution in [-0.4, -0.2) is 35.1 Å². The van der Waals surface area contributed by atoms with Crippen LogP contribution in [-0.2, 0) is 0 Å². The van der Waals surface area contributed by atoms with Crippen LogP contribution >= 0.6 is 0 Å². The highest BCUT2D eigenvalue weighted by Crippen LogP contribution is 2.33. The van der Waals surface area contributed by atoms with E-state index in [1.807, 2.05) is 12.1 Å². The molecule has 2 unspecified atom stereocenters. The van der Waals surface area contributed by atoms with Crippen LogP contribution in [0.5, 0.6) is 0 Å². The summed E-state index contributed by atoms with van der Waals surface area (Å²) < 4.78 is 0. The third kappa shape index (κ3) is 2.29. The van der Waals surface area contributed by atoms with Crippen LogP contribution in [0.2, 0.25) is 0 Å². The smallest absolute Gasteiger partial charge is 0.125 e. The normalized spacial score (nSPS) is 32.2. The number of pyridine rings is 1. The molecule has 0 saturated carbocycles. The summed E-state index contributed by atoms with van der Waals surface area (Å²) in [5, 5.41) is 3.62. The highest BCUT2D eigenvalue weighted by Gasteiger charge is 2.35. The molecule has 18 heavy (non-hydrogen) atoms. The van der Waals surface area contributed by atoms with Gasteiger partial charge >= 0.3 is 0 Å². The van der Waals surface area contributed by atoms with Crippen molar-refractivity contribution in [2.75, 3.05) is 18.1 Å². The number of piperidine rings is 2. The van der Waals surface area contributed by atoms with Crippen LogP contribution in [0.15, 0.2) is 18.3 Å². The molecule has 2 bridgehead atoms. The van der Waals surface area contributed by atoms with Gasteiger partial charge in [-0.25, -0.2) is 4.98 Å². The van der Waals surface area contributed by atoms with Gasteiger partial charge in [0, 0.05) is 36.1 Å². The number of fused-ring (bicyclic) bond motifs is 2. The van der Waals surface area contributed by atoms with Gasteiger partial charge in [0.15, 0.2) is 0 Å². The molecule has 2 aliphatic rings. The Bertz CT molecular complexity index is 406. The van der Waals surface area contributed by atoms with Gasteiger partial charge in [0.05, 0.1) is 0 Å². The zero-order valence-electron chi connectivity index (χ0n) is 11.0. The third-order valence-corrected chi connectivity index (χ3v) is 4.49. The first-order chi connectivity index (χ1) is 8.72. The SMILES string of the molecule is CN1C2CCCC1CC(Nc1ccnc(N)c1)C2. The number of nitrogens with two attached hydrogens (primary N) is 1. The van der Waals surface area contributed by atoms with Gasteiger partial charge in [-0.15, -0.1) is 0 Å². The lowest BCUT2D eigenvalue weighted by Crippen LogP contribution is -2.52. The van der Waals surface area contributed by atoms with Crippen LogP contribution < -0.4 is 11.1 Å². The molecule has 0 amide bonds. The van der Waals surface area contributed by atoms with E-state index in [9.17, 15) is 0 Å². The predicted octanol–water partition coefficient (Wildman–Crippen LogP) is 2.09. The second kappa shape index (κ2) is 4.76. The molecule has 0 spiro atoms. The predicted molar refractivity (Wildman–Crippen MR) is 74.5 cm³/mol. The molecule has 2 aliphatic heterocycles. The Morgan fingerprint density at radius 2 is 2.06 bits per heavy atom. The first-order valence-corrected chi connectivity index (χ1v) is 6.92. The minimum absolute atomic E-state index is 0.582. The number of rotatable bonds is 2. The van der Waals surface area contributed by atoms with E-state index in [2.05, 4.69) is 22.2 Å². The number of anilines is 2. The molecule has 1 aromatic rings. The largest absolute Gasteiger partial charge is 0.384 e. The Hall–Kier alpha value is -1.29. The topological polar surface area (TPSA) is 54.2 Å². The summed E-state index contributed by atoms with van der Waals surface area (Å²) in [6.45, 7) is 0. The highest BCUT2D eigenvalue weighted by molar-refractivity contribution is 5.50. The van der Waals surface area contributed by atoms with Crippen LogP contribution in [0.25, 0.3) is 0 Å². The first kappa shape index (κ1) is 11.8.